The van der Waals surface area contributed by atoms with E-state index in [-0.39, 0.29) is 16.0 Å². The number of nitrogens with zero attached hydrogens (tertiary/aromatic N) is 1. The van der Waals surface area contributed by atoms with Crippen LogP contribution in [0.1, 0.15) is 40.2 Å². The minimum Gasteiger partial charge on any atom is -0.321 e. The van der Waals surface area contributed by atoms with Gasteiger partial charge < -0.3 is 10.6 Å². The summed E-state index contributed by atoms with van der Waals surface area (Å²) in [6, 6.07) is 0.965. The van der Waals surface area contributed by atoms with Crippen molar-refractivity contribution in [2.45, 2.75) is 37.0 Å². The number of fused-ring (bicyclic) bond motifs is 1. The van der Waals surface area contributed by atoms with Crippen molar-refractivity contribution in [2.24, 2.45) is 4.99 Å². The molecule has 0 saturated carbocycles. The van der Waals surface area contributed by atoms with Crippen LogP contribution in [0.4, 0.5) is 8.78 Å². The summed E-state index contributed by atoms with van der Waals surface area (Å²) in [4.78, 5) is 17.7. The SMILES string of the molecule is CC1=NC2C(F)=CC(NC(=O)c3sc(C4CCNCC4)cc3F)=CC2S1. The quantitative estimate of drug-likeness (QED) is 0.820. The molecule has 2 N–H and O–H groups in total. The van der Waals surface area contributed by atoms with Gasteiger partial charge in [-0.3, -0.25) is 9.79 Å². The Kier molecular flexibility index (Phi) is 4.98. The zero-order valence-electron chi connectivity index (χ0n) is 14.2. The smallest absolute Gasteiger partial charge is 0.268 e. The molecule has 1 amide bonds. The molecule has 2 aliphatic heterocycles. The maximum absolute atomic E-state index is 14.3. The van der Waals surface area contributed by atoms with E-state index in [9.17, 15) is 13.6 Å². The van der Waals surface area contributed by atoms with Gasteiger partial charge in [-0.15, -0.1) is 23.1 Å². The molecule has 4 rings (SSSR count). The Morgan fingerprint density at radius 2 is 2.12 bits per heavy atom. The third-order valence-electron chi connectivity index (χ3n) is 4.77. The van der Waals surface area contributed by atoms with E-state index in [1.165, 1.54) is 35.2 Å². The molecule has 0 bridgehead atoms. The fraction of sp³-hybridized carbons (Fsp3) is 0.444. The first-order valence-corrected chi connectivity index (χ1v) is 10.3. The lowest BCUT2D eigenvalue weighted by molar-refractivity contribution is 0.0967. The van der Waals surface area contributed by atoms with E-state index in [0.717, 1.165) is 35.9 Å². The fourth-order valence-electron chi connectivity index (χ4n) is 3.48. The molecule has 1 aromatic heterocycles. The molecule has 0 spiro atoms. The number of piperidine rings is 1. The van der Waals surface area contributed by atoms with E-state index in [1.54, 1.807) is 6.08 Å². The highest BCUT2D eigenvalue weighted by Crippen LogP contribution is 2.37. The summed E-state index contributed by atoms with van der Waals surface area (Å²) in [5.74, 6) is -1.12. The van der Waals surface area contributed by atoms with E-state index >= 15 is 0 Å². The molecule has 0 radical (unpaired) electrons. The Balaban J connectivity index is 1.49. The van der Waals surface area contributed by atoms with Crippen LogP contribution in [-0.4, -0.2) is 35.3 Å². The number of halogens is 2. The first-order chi connectivity index (χ1) is 12.5. The van der Waals surface area contributed by atoms with Gasteiger partial charge in [0.05, 0.1) is 10.3 Å². The van der Waals surface area contributed by atoms with Gasteiger partial charge in [0, 0.05) is 10.6 Å². The Hall–Kier alpha value is -1.51. The van der Waals surface area contributed by atoms with Gasteiger partial charge in [-0.25, -0.2) is 8.78 Å². The fourth-order valence-corrected chi connectivity index (χ4v) is 5.68. The number of amides is 1. The predicted octanol–water partition coefficient (Wildman–Crippen LogP) is 3.74. The molecule has 4 nitrogen and oxygen atoms in total. The van der Waals surface area contributed by atoms with Gasteiger partial charge in [-0.1, -0.05) is 0 Å². The van der Waals surface area contributed by atoms with Crippen LogP contribution in [0.2, 0.25) is 0 Å². The summed E-state index contributed by atoms with van der Waals surface area (Å²) in [6.45, 7) is 3.65. The van der Waals surface area contributed by atoms with Gasteiger partial charge in [0.1, 0.15) is 22.6 Å². The topological polar surface area (TPSA) is 53.5 Å². The van der Waals surface area contributed by atoms with Gasteiger partial charge in [-0.2, -0.15) is 0 Å². The molecule has 26 heavy (non-hydrogen) atoms. The third-order valence-corrected chi connectivity index (χ3v) is 7.15. The van der Waals surface area contributed by atoms with Crippen molar-refractivity contribution in [1.29, 1.82) is 0 Å². The number of thioether (sulfide) groups is 1. The number of carbonyl (C=O) groups excluding carboxylic acids is 1. The second-order valence-corrected chi connectivity index (χ2v) is 9.09. The number of thiophene rings is 1. The Morgan fingerprint density at radius 3 is 2.88 bits per heavy atom. The molecule has 1 aliphatic carbocycles. The number of nitrogens with one attached hydrogen (secondary N) is 2. The van der Waals surface area contributed by atoms with E-state index < -0.39 is 17.8 Å². The van der Waals surface area contributed by atoms with Crippen LogP contribution in [0.15, 0.2) is 34.7 Å². The zero-order chi connectivity index (χ0) is 18.3. The predicted molar refractivity (Wildman–Crippen MR) is 102 cm³/mol. The molecule has 138 valence electrons. The summed E-state index contributed by atoms with van der Waals surface area (Å²) in [6.07, 6.45) is 4.95. The molecule has 1 saturated heterocycles. The molecule has 1 fully saturated rings. The lowest BCUT2D eigenvalue weighted by Crippen LogP contribution is -2.28. The maximum atomic E-state index is 14.3. The van der Waals surface area contributed by atoms with Crippen LogP contribution in [0.25, 0.3) is 0 Å². The second kappa shape index (κ2) is 7.25. The number of rotatable bonds is 3. The van der Waals surface area contributed by atoms with Crippen molar-refractivity contribution < 1.29 is 13.6 Å². The van der Waals surface area contributed by atoms with Crippen molar-refractivity contribution >= 4 is 34.0 Å². The van der Waals surface area contributed by atoms with Crippen molar-refractivity contribution in [2.75, 3.05) is 13.1 Å². The molecule has 0 aromatic carbocycles. The molecule has 1 aromatic rings. The highest BCUT2D eigenvalue weighted by molar-refractivity contribution is 8.14. The molecule has 2 unspecified atom stereocenters. The van der Waals surface area contributed by atoms with Crippen molar-refractivity contribution in [3.8, 4) is 0 Å². The van der Waals surface area contributed by atoms with Crippen LogP contribution >= 0.6 is 23.1 Å². The molecular weight excluding hydrogens is 376 g/mol. The maximum Gasteiger partial charge on any atom is 0.268 e. The summed E-state index contributed by atoms with van der Waals surface area (Å²) < 4.78 is 28.5. The van der Waals surface area contributed by atoms with E-state index in [2.05, 4.69) is 15.6 Å². The van der Waals surface area contributed by atoms with Gasteiger partial charge >= 0.3 is 0 Å². The number of allylic oxidation sites excluding steroid dienone is 1. The number of hydrogen-bond donors (Lipinski definition) is 2. The average Bonchev–Trinajstić information content (AvgIpc) is 3.18. The van der Waals surface area contributed by atoms with Crippen LogP contribution in [0.5, 0.6) is 0 Å². The molecule has 2 atom stereocenters. The Labute approximate surface area is 158 Å². The summed E-state index contributed by atoms with van der Waals surface area (Å²) in [5.41, 5.74) is 0.363. The van der Waals surface area contributed by atoms with Crippen LogP contribution in [-0.2, 0) is 0 Å². The normalized spacial score (nSPS) is 26.0. The van der Waals surface area contributed by atoms with Crippen LogP contribution in [0, 0.1) is 5.82 Å². The first-order valence-electron chi connectivity index (χ1n) is 8.62. The minimum atomic E-state index is -0.526. The zero-order valence-corrected chi connectivity index (χ0v) is 15.9. The van der Waals surface area contributed by atoms with Crippen molar-refractivity contribution in [1.82, 2.24) is 10.6 Å². The van der Waals surface area contributed by atoms with Gasteiger partial charge in [0.25, 0.3) is 5.91 Å². The lowest BCUT2D eigenvalue weighted by Gasteiger charge is -2.21. The monoisotopic (exact) mass is 395 g/mol. The van der Waals surface area contributed by atoms with Crippen molar-refractivity contribution in [3.05, 3.63) is 45.3 Å². The van der Waals surface area contributed by atoms with E-state index in [4.69, 9.17) is 0 Å². The highest BCUT2D eigenvalue weighted by Gasteiger charge is 2.34. The Morgan fingerprint density at radius 1 is 1.35 bits per heavy atom. The van der Waals surface area contributed by atoms with Crippen LogP contribution < -0.4 is 10.6 Å². The van der Waals surface area contributed by atoms with Crippen LogP contribution in [0.3, 0.4) is 0 Å². The number of aliphatic imine (C=N–C) groups is 1. The van der Waals surface area contributed by atoms with Gasteiger partial charge in [0.15, 0.2) is 0 Å². The Bertz CT molecular complexity index is 824. The largest absolute Gasteiger partial charge is 0.321 e. The van der Waals surface area contributed by atoms with Crippen molar-refractivity contribution in [3.63, 3.8) is 0 Å². The highest BCUT2D eigenvalue weighted by atomic mass is 32.2. The first kappa shape index (κ1) is 17.9. The average molecular weight is 396 g/mol. The minimum absolute atomic E-state index is 0.0573. The number of hydrogen-bond acceptors (Lipinski definition) is 5. The summed E-state index contributed by atoms with van der Waals surface area (Å²) in [7, 11) is 0. The summed E-state index contributed by atoms with van der Waals surface area (Å²) >= 11 is 2.67. The van der Waals surface area contributed by atoms with E-state index in [1.807, 2.05) is 6.92 Å². The van der Waals surface area contributed by atoms with Gasteiger partial charge in [-0.05, 0) is 57.0 Å². The molecular formula is C18H19F2N3OS2. The lowest BCUT2D eigenvalue weighted by atomic mass is 9.96. The van der Waals surface area contributed by atoms with E-state index in [0.29, 0.717) is 11.6 Å². The summed E-state index contributed by atoms with van der Waals surface area (Å²) in [5, 5.41) is 6.59. The van der Waals surface area contributed by atoms with Gasteiger partial charge in [0.2, 0.25) is 0 Å². The third kappa shape index (κ3) is 3.50. The molecule has 3 heterocycles. The molecule has 3 aliphatic rings. The number of carbonyl (C=O) groups is 1. The second-order valence-electron chi connectivity index (χ2n) is 6.63. The standard InChI is InChI=1S/C18H19F2N3OS2/c1-9-22-16-12(19)6-11(7-15(16)25-9)23-18(24)17-13(20)8-14(26-17)10-2-4-21-5-3-10/h6-8,10,15-16,21H,2-5H2,1H3,(H,23,24). The molecule has 8 heteroatoms.